The van der Waals surface area contributed by atoms with Crippen molar-refractivity contribution in [3.8, 4) is 11.3 Å². The quantitative estimate of drug-likeness (QED) is 0.506. The summed E-state index contributed by atoms with van der Waals surface area (Å²) in [4.78, 5) is 0. The van der Waals surface area contributed by atoms with Crippen LogP contribution >= 0.6 is 0 Å². The van der Waals surface area contributed by atoms with Crippen molar-refractivity contribution in [2.45, 2.75) is 64.0 Å². The zero-order chi connectivity index (χ0) is 17.3. The van der Waals surface area contributed by atoms with Gasteiger partial charge in [-0.2, -0.15) is 18.3 Å². The molecule has 0 amide bonds. The van der Waals surface area contributed by atoms with Crippen molar-refractivity contribution in [1.82, 2.24) is 10.2 Å². The molecule has 5 heteroatoms. The summed E-state index contributed by atoms with van der Waals surface area (Å²) in [5, 5.41) is 7.42. The second-order valence-corrected chi connectivity index (χ2v) is 6.23. The van der Waals surface area contributed by atoms with Crippen molar-refractivity contribution in [2.75, 3.05) is 0 Å². The third kappa shape index (κ3) is 7.20. The van der Waals surface area contributed by atoms with Gasteiger partial charge in [-0.25, -0.2) is 0 Å². The fourth-order valence-electron chi connectivity index (χ4n) is 2.77. The largest absolute Gasteiger partial charge is 0.389 e. The number of benzene rings is 1. The van der Waals surface area contributed by atoms with Crippen LogP contribution in [0.25, 0.3) is 11.3 Å². The monoisotopic (exact) mass is 338 g/mol. The van der Waals surface area contributed by atoms with Gasteiger partial charge in [-0.15, -0.1) is 0 Å². The second kappa shape index (κ2) is 9.50. The Morgan fingerprint density at radius 1 is 0.833 bits per heavy atom. The number of nitrogens with one attached hydrogen (secondary N) is 1. The Balaban J connectivity index is 1.53. The lowest BCUT2D eigenvalue weighted by molar-refractivity contribution is -0.135. The van der Waals surface area contributed by atoms with Crippen LogP contribution in [0.3, 0.4) is 0 Å². The summed E-state index contributed by atoms with van der Waals surface area (Å²) in [5.41, 5.74) is 3.22. The number of nitrogens with zero attached hydrogens (tertiary/aromatic N) is 1. The van der Waals surface area contributed by atoms with E-state index < -0.39 is 12.6 Å². The molecule has 0 atom stereocenters. The van der Waals surface area contributed by atoms with Gasteiger partial charge in [-0.3, -0.25) is 5.10 Å². The molecule has 1 N–H and O–H groups in total. The number of hydrogen-bond donors (Lipinski definition) is 1. The van der Waals surface area contributed by atoms with Crippen LogP contribution in [0.4, 0.5) is 13.2 Å². The number of aryl methyl sites for hydroxylation is 1. The lowest BCUT2D eigenvalue weighted by Crippen LogP contribution is -2.06. The summed E-state index contributed by atoms with van der Waals surface area (Å²) in [6.45, 7) is 0. The van der Waals surface area contributed by atoms with Crippen molar-refractivity contribution < 1.29 is 13.2 Å². The third-order valence-electron chi connectivity index (χ3n) is 4.11. The van der Waals surface area contributed by atoms with Gasteiger partial charge in [-0.05, 0) is 25.3 Å². The van der Waals surface area contributed by atoms with Gasteiger partial charge in [0.15, 0.2) is 0 Å². The average molecular weight is 338 g/mol. The molecule has 0 bridgehead atoms. The van der Waals surface area contributed by atoms with Gasteiger partial charge in [0, 0.05) is 17.7 Å². The number of aromatic nitrogens is 2. The smallest absolute Gasteiger partial charge is 0.282 e. The van der Waals surface area contributed by atoms with Crippen LogP contribution in [0, 0.1) is 0 Å². The summed E-state index contributed by atoms with van der Waals surface area (Å²) in [6.07, 6.45) is 2.48. The summed E-state index contributed by atoms with van der Waals surface area (Å²) in [5.74, 6) is 0. The van der Waals surface area contributed by atoms with E-state index in [1.807, 2.05) is 30.3 Å². The van der Waals surface area contributed by atoms with Crippen LogP contribution in [0.5, 0.6) is 0 Å². The van der Waals surface area contributed by atoms with Crippen molar-refractivity contribution in [2.24, 2.45) is 0 Å². The van der Waals surface area contributed by atoms with Crippen LogP contribution in [0.15, 0.2) is 36.4 Å². The zero-order valence-electron chi connectivity index (χ0n) is 13.9. The molecular formula is C19H25F3N2. The maximum absolute atomic E-state index is 12.0. The first-order chi connectivity index (χ1) is 11.5. The van der Waals surface area contributed by atoms with Crippen LogP contribution in [-0.2, 0) is 6.42 Å². The lowest BCUT2D eigenvalue weighted by atomic mass is 10.1. The summed E-state index contributed by atoms with van der Waals surface area (Å²) >= 11 is 0. The molecule has 24 heavy (non-hydrogen) atoms. The molecule has 0 aliphatic heterocycles. The maximum atomic E-state index is 12.0. The molecule has 132 valence electrons. The Morgan fingerprint density at radius 3 is 2.12 bits per heavy atom. The molecule has 0 unspecified atom stereocenters. The molecule has 2 rings (SSSR count). The van der Waals surface area contributed by atoms with Gasteiger partial charge in [0.05, 0.1) is 5.69 Å². The highest BCUT2D eigenvalue weighted by molar-refractivity contribution is 5.58. The third-order valence-corrected chi connectivity index (χ3v) is 4.11. The van der Waals surface area contributed by atoms with Crippen molar-refractivity contribution >= 4 is 0 Å². The van der Waals surface area contributed by atoms with E-state index in [0.29, 0.717) is 6.42 Å². The van der Waals surface area contributed by atoms with E-state index in [0.717, 1.165) is 55.5 Å². The molecule has 1 aromatic heterocycles. The maximum Gasteiger partial charge on any atom is 0.389 e. The van der Waals surface area contributed by atoms with Crippen molar-refractivity contribution in [1.29, 1.82) is 0 Å². The minimum atomic E-state index is -4.00. The topological polar surface area (TPSA) is 28.7 Å². The molecule has 2 aromatic rings. The van der Waals surface area contributed by atoms with Gasteiger partial charge >= 0.3 is 6.18 Å². The second-order valence-electron chi connectivity index (χ2n) is 6.23. The Bertz CT molecular complexity index is 576. The van der Waals surface area contributed by atoms with Crippen LogP contribution in [-0.4, -0.2) is 16.4 Å². The molecule has 0 fully saturated rings. The van der Waals surface area contributed by atoms with E-state index in [-0.39, 0.29) is 6.42 Å². The minimum absolute atomic E-state index is 0.264. The van der Waals surface area contributed by atoms with E-state index in [1.54, 1.807) is 0 Å². The normalized spacial score (nSPS) is 11.8. The first-order valence-corrected chi connectivity index (χ1v) is 8.71. The Hall–Kier alpha value is -1.78. The number of halogens is 3. The van der Waals surface area contributed by atoms with Gasteiger partial charge in [0.2, 0.25) is 0 Å². The van der Waals surface area contributed by atoms with Gasteiger partial charge in [0.25, 0.3) is 0 Å². The van der Waals surface area contributed by atoms with E-state index >= 15 is 0 Å². The summed E-state index contributed by atoms with van der Waals surface area (Å²) in [6, 6.07) is 12.2. The molecule has 0 aliphatic carbocycles. The molecule has 0 spiro atoms. The first-order valence-electron chi connectivity index (χ1n) is 8.71. The number of unbranched alkanes of at least 4 members (excludes halogenated alkanes) is 6. The molecule has 1 aromatic carbocycles. The van der Waals surface area contributed by atoms with Gasteiger partial charge < -0.3 is 0 Å². The average Bonchev–Trinajstić information content (AvgIpc) is 3.02. The highest BCUT2D eigenvalue weighted by atomic mass is 19.4. The van der Waals surface area contributed by atoms with E-state index in [9.17, 15) is 13.2 Å². The lowest BCUT2D eigenvalue weighted by Gasteiger charge is -2.05. The van der Waals surface area contributed by atoms with Gasteiger partial charge in [0.1, 0.15) is 0 Å². The Kier molecular flexibility index (Phi) is 7.35. The van der Waals surface area contributed by atoms with Crippen LogP contribution in [0.2, 0.25) is 0 Å². The standard InChI is InChI=1S/C19H25F3N2/c20-19(21,22)14-10-5-3-1-2-4-9-13-17-15-18(24-23-17)16-11-7-6-8-12-16/h6-8,11-12,15H,1-5,9-10,13-14H2,(H,23,24). The number of alkyl halides is 3. The molecule has 1 heterocycles. The van der Waals surface area contributed by atoms with Crippen molar-refractivity contribution in [3.63, 3.8) is 0 Å². The molecular weight excluding hydrogens is 313 g/mol. The molecule has 0 saturated carbocycles. The number of H-pyrrole nitrogens is 1. The molecule has 0 saturated heterocycles. The molecule has 0 radical (unpaired) electrons. The fourth-order valence-corrected chi connectivity index (χ4v) is 2.77. The number of hydrogen-bond acceptors (Lipinski definition) is 1. The highest BCUT2D eigenvalue weighted by Gasteiger charge is 2.25. The summed E-state index contributed by atoms with van der Waals surface area (Å²) < 4.78 is 36.0. The van der Waals surface area contributed by atoms with E-state index in [2.05, 4.69) is 16.3 Å². The fraction of sp³-hybridized carbons (Fsp3) is 0.526. The highest BCUT2D eigenvalue weighted by Crippen LogP contribution is 2.23. The van der Waals surface area contributed by atoms with Crippen LogP contribution in [0.1, 0.15) is 57.1 Å². The SMILES string of the molecule is FC(F)(F)CCCCCCCCCc1cc(-c2ccccc2)n[nH]1. The van der Waals surface area contributed by atoms with E-state index in [4.69, 9.17) is 0 Å². The van der Waals surface area contributed by atoms with Crippen LogP contribution < -0.4 is 0 Å². The predicted molar refractivity (Wildman–Crippen MR) is 90.7 cm³/mol. The molecule has 0 aliphatic rings. The van der Waals surface area contributed by atoms with E-state index in [1.165, 1.54) is 0 Å². The first kappa shape index (κ1) is 18.6. The number of aromatic amines is 1. The molecule has 2 nitrogen and oxygen atoms in total. The van der Waals surface area contributed by atoms with Gasteiger partial charge in [-0.1, -0.05) is 62.4 Å². The van der Waals surface area contributed by atoms with Crippen molar-refractivity contribution in [3.05, 3.63) is 42.1 Å². The zero-order valence-corrected chi connectivity index (χ0v) is 13.9. The Labute approximate surface area is 141 Å². The number of rotatable bonds is 10. The Morgan fingerprint density at radius 2 is 1.46 bits per heavy atom. The summed E-state index contributed by atoms with van der Waals surface area (Å²) in [7, 11) is 0. The minimum Gasteiger partial charge on any atom is -0.282 e. The predicted octanol–water partition coefficient (Wildman–Crippen LogP) is 6.30.